The lowest BCUT2D eigenvalue weighted by Gasteiger charge is -1.93. The van der Waals surface area contributed by atoms with Crippen molar-refractivity contribution < 1.29 is 0 Å². The first kappa shape index (κ1) is 9.65. The minimum atomic E-state index is 0.832. The summed E-state index contributed by atoms with van der Waals surface area (Å²) in [6.45, 7) is 4.89. The van der Waals surface area contributed by atoms with E-state index in [0.29, 0.717) is 0 Å². The molecule has 2 nitrogen and oxygen atoms in total. The molecule has 0 N–H and O–H groups in total. The summed E-state index contributed by atoms with van der Waals surface area (Å²) >= 11 is 0. The van der Waals surface area contributed by atoms with Gasteiger partial charge in [-0.05, 0) is 37.1 Å². The fourth-order valence-corrected chi connectivity index (χ4v) is 0.997. The second-order valence-electron chi connectivity index (χ2n) is 2.80. The Hall–Kier alpha value is -1.44. The van der Waals surface area contributed by atoms with Gasteiger partial charge in [0, 0.05) is 25.2 Å². The van der Waals surface area contributed by atoms with E-state index in [4.69, 9.17) is 0 Å². The van der Waals surface area contributed by atoms with Crippen molar-refractivity contribution >= 4 is 12.3 Å². The van der Waals surface area contributed by atoms with Gasteiger partial charge < -0.3 is 0 Å². The monoisotopic (exact) mass is 174 g/mol. The van der Waals surface area contributed by atoms with Crippen LogP contribution in [0, 0.1) is 0 Å². The maximum absolute atomic E-state index is 4.15. The lowest BCUT2D eigenvalue weighted by molar-refractivity contribution is 1.14. The van der Waals surface area contributed by atoms with Crippen molar-refractivity contribution in [1.82, 2.24) is 4.98 Å². The fourth-order valence-electron chi connectivity index (χ4n) is 0.997. The molecule has 1 rings (SSSR count). The molecule has 1 aromatic rings. The van der Waals surface area contributed by atoms with Crippen molar-refractivity contribution in [3.05, 3.63) is 35.7 Å². The zero-order valence-electron chi connectivity index (χ0n) is 8.07. The molecule has 0 atom stereocenters. The first-order valence-electron chi connectivity index (χ1n) is 4.41. The predicted molar refractivity (Wildman–Crippen MR) is 56.9 cm³/mol. The van der Waals surface area contributed by atoms with E-state index >= 15 is 0 Å². The van der Waals surface area contributed by atoms with E-state index in [2.05, 4.69) is 16.1 Å². The summed E-state index contributed by atoms with van der Waals surface area (Å²) in [6, 6.07) is 3.95. The molecule has 1 heterocycles. The van der Waals surface area contributed by atoms with Crippen molar-refractivity contribution in [2.75, 3.05) is 6.54 Å². The molecule has 13 heavy (non-hydrogen) atoms. The molecule has 0 radical (unpaired) electrons. The summed E-state index contributed by atoms with van der Waals surface area (Å²) in [6.07, 6.45) is 7.55. The van der Waals surface area contributed by atoms with Crippen molar-refractivity contribution in [2.45, 2.75) is 13.8 Å². The van der Waals surface area contributed by atoms with Crippen molar-refractivity contribution in [2.24, 2.45) is 4.99 Å². The maximum atomic E-state index is 4.15. The normalized spacial score (nSPS) is 12.3. The fraction of sp³-hybridized carbons (Fsp3) is 0.273. The second-order valence-corrected chi connectivity index (χ2v) is 2.80. The van der Waals surface area contributed by atoms with Crippen LogP contribution in [0.1, 0.15) is 19.4 Å². The minimum Gasteiger partial charge on any atom is -0.293 e. The van der Waals surface area contributed by atoms with E-state index < -0.39 is 0 Å². The van der Waals surface area contributed by atoms with Gasteiger partial charge in [0.1, 0.15) is 0 Å². The third-order valence-corrected chi connectivity index (χ3v) is 1.56. The first-order chi connectivity index (χ1) is 6.33. The molecule has 0 spiro atoms. The molecule has 0 saturated heterocycles. The maximum Gasteiger partial charge on any atom is 0.0361 e. The number of aromatic nitrogens is 1. The number of aliphatic imine (C=N–C) groups is 1. The van der Waals surface area contributed by atoms with Gasteiger partial charge in [-0.15, -0.1) is 0 Å². The third-order valence-electron chi connectivity index (χ3n) is 1.56. The highest BCUT2D eigenvalue weighted by atomic mass is 14.7. The van der Waals surface area contributed by atoms with Gasteiger partial charge >= 0.3 is 0 Å². The van der Waals surface area contributed by atoms with E-state index in [1.165, 1.54) is 0 Å². The summed E-state index contributed by atoms with van der Waals surface area (Å²) in [7, 11) is 0. The number of pyridine rings is 1. The Kier molecular flexibility index (Phi) is 3.89. The highest BCUT2D eigenvalue weighted by Gasteiger charge is 1.86. The molecule has 2 heteroatoms. The molecule has 0 unspecified atom stereocenters. The Morgan fingerprint density at radius 3 is 3.08 bits per heavy atom. The van der Waals surface area contributed by atoms with Crippen molar-refractivity contribution in [3.8, 4) is 0 Å². The summed E-state index contributed by atoms with van der Waals surface area (Å²) in [4.78, 5) is 8.18. The van der Waals surface area contributed by atoms with Gasteiger partial charge in [-0.2, -0.15) is 0 Å². The predicted octanol–water partition coefficient (Wildman–Crippen LogP) is 2.58. The lowest BCUT2D eigenvalue weighted by atomic mass is 10.2. The van der Waals surface area contributed by atoms with Crippen LogP contribution in [0.15, 0.2) is 35.1 Å². The average Bonchev–Trinajstić information content (AvgIpc) is 2.16. The first-order valence-corrected chi connectivity index (χ1v) is 4.41. The molecule has 0 bridgehead atoms. The number of hydrogen-bond donors (Lipinski definition) is 0. The van der Waals surface area contributed by atoms with Crippen molar-refractivity contribution in [3.63, 3.8) is 0 Å². The topological polar surface area (TPSA) is 25.2 Å². The summed E-state index contributed by atoms with van der Waals surface area (Å²) in [5, 5.41) is 0. The van der Waals surface area contributed by atoms with Crippen LogP contribution < -0.4 is 0 Å². The summed E-state index contributed by atoms with van der Waals surface area (Å²) in [5.41, 5.74) is 2.26. The van der Waals surface area contributed by atoms with Gasteiger partial charge in [0.25, 0.3) is 0 Å². The molecule has 0 aliphatic heterocycles. The van der Waals surface area contributed by atoms with E-state index in [0.717, 1.165) is 17.7 Å². The average molecular weight is 174 g/mol. The van der Waals surface area contributed by atoms with Crippen LogP contribution in [-0.4, -0.2) is 17.7 Å². The van der Waals surface area contributed by atoms with E-state index in [-0.39, 0.29) is 0 Å². The number of allylic oxidation sites excluding steroid dienone is 1. The van der Waals surface area contributed by atoms with Crippen LogP contribution in [0.5, 0.6) is 0 Å². The van der Waals surface area contributed by atoms with Crippen LogP contribution in [0.2, 0.25) is 0 Å². The lowest BCUT2D eigenvalue weighted by Crippen LogP contribution is -1.81. The Bertz CT molecular complexity index is 299. The van der Waals surface area contributed by atoms with Crippen LogP contribution in [-0.2, 0) is 0 Å². The molecule has 0 aromatic carbocycles. The molecular weight excluding hydrogens is 160 g/mol. The Labute approximate surface area is 79.0 Å². The Morgan fingerprint density at radius 1 is 1.62 bits per heavy atom. The molecule has 0 saturated carbocycles. The largest absolute Gasteiger partial charge is 0.293 e. The molecular formula is C11H14N2. The number of hydrogen-bond acceptors (Lipinski definition) is 2. The second kappa shape index (κ2) is 5.25. The zero-order valence-corrected chi connectivity index (χ0v) is 8.07. The van der Waals surface area contributed by atoms with Crippen LogP contribution in [0.25, 0.3) is 6.08 Å². The Morgan fingerprint density at radius 2 is 2.46 bits per heavy atom. The van der Waals surface area contributed by atoms with Gasteiger partial charge in [-0.25, -0.2) is 0 Å². The van der Waals surface area contributed by atoms with E-state index in [1.54, 1.807) is 6.20 Å². The van der Waals surface area contributed by atoms with Crippen molar-refractivity contribution in [1.29, 1.82) is 0 Å². The molecule has 1 aromatic heterocycles. The molecule has 0 aliphatic carbocycles. The number of nitrogens with zero attached hydrogens (tertiary/aromatic N) is 2. The zero-order chi connectivity index (χ0) is 9.52. The number of rotatable bonds is 3. The van der Waals surface area contributed by atoms with Crippen LogP contribution in [0.3, 0.4) is 0 Å². The molecule has 0 aliphatic rings. The van der Waals surface area contributed by atoms with Crippen LogP contribution >= 0.6 is 0 Å². The van der Waals surface area contributed by atoms with Crippen LogP contribution in [0.4, 0.5) is 0 Å². The van der Waals surface area contributed by atoms with Gasteiger partial charge in [0.05, 0.1) is 0 Å². The summed E-state index contributed by atoms with van der Waals surface area (Å²) < 4.78 is 0. The van der Waals surface area contributed by atoms with Gasteiger partial charge in [0.15, 0.2) is 0 Å². The molecule has 0 fully saturated rings. The van der Waals surface area contributed by atoms with E-state index in [9.17, 15) is 0 Å². The van der Waals surface area contributed by atoms with Gasteiger partial charge in [0.2, 0.25) is 0 Å². The quantitative estimate of drug-likeness (QED) is 0.646. The minimum absolute atomic E-state index is 0.832. The van der Waals surface area contributed by atoms with Gasteiger partial charge in [-0.3, -0.25) is 9.98 Å². The third kappa shape index (κ3) is 3.65. The van der Waals surface area contributed by atoms with E-state index in [1.807, 2.05) is 38.4 Å². The smallest absolute Gasteiger partial charge is 0.0361 e. The molecule has 0 amide bonds. The highest BCUT2D eigenvalue weighted by molar-refractivity contribution is 5.84. The standard InChI is InChI=1S/C11H14N2/c1-3-12-8-10(2)7-11-5-4-6-13-9-11/h4-9H,3H2,1-2H3/b10-7+,12-8?. The SMILES string of the molecule is CCN=C/C(C)=C/c1cccnc1. The van der Waals surface area contributed by atoms with Gasteiger partial charge in [-0.1, -0.05) is 6.07 Å². The Balaban J connectivity index is 2.71. The molecule has 68 valence electrons. The highest BCUT2D eigenvalue weighted by Crippen LogP contribution is 2.02. The summed E-state index contributed by atoms with van der Waals surface area (Å²) in [5.74, 6) is 0.